The Morgan fingerprint density at radius 2 is 2.11 bits per heavy atom. The fourth-order valence-electron chi connectivity index (χ4n) is 2.68. The fraction of sp³-hybridized carbons (Fsp3) is 0.400. The average Bonchev–Trinajstić information content (AvgIpc) is 2.68. The van der Waals surface area contributed by atoms with Crippen LogP contribution in [0.3, 0.4) is 0 Å². The quantitative estimate of drug-likeness (QED) is 0.802. The number of nitriles is 1. The van der Waals surface area contributed by atoms with Gasteiger partial charge in [-0.05, 0) is 44.5 Å². The van der Waals surface area contributed by atoms with E-state index in [9.17, 15) is 4.79 Å². The molecule has 0 aliphatic carbocycles. The van der Waals surface area contributed by atoms with Crippen LogP contribution in [-0.2, 0) is 9.47 Å². The molecule has 0 radical (unpaired) electrons. The number of rotatable bonds is 3. The Labute approximate surface area is 163 Å². The Bertz CT molecular complexity index is 871. The van der Waals surface area contributed by atoms with Gasteiger partial charge in [-0.2, -0.15) is 5.26 Å². The monoisotopic (exact) mass is 382 g/mol. The number of hydrogen-bond acceptors (Lipinski definition) is 7. The Morgan fingerprint density at radius 1 is 1.29 bits per heavy atom. The lowest BCUT2D eigenvalue weighted by atomic mass is 10.1. The molecule has 2 heterocycles. The number of carbonyl (C=O) groups is 1. The summed E-state index contributed by atoms with van der Waals surface area (Å²) in [4.78, 5) is 14.0. The highest BCUT2D eigenvalue weighted by atomic mass is 16.6. The predicted octanol–water partition coefficient (Wildman–Crippen LogP) is 3.45. The summed E-state index contributed by atoms with van der Waals surface area (Å²) in [5, 5.41) is 16.4. The molecule has 1 fully saturated rings. The van der Waals surface area contributed by atoms with Crippen molar-refractivity contribution in [2.75, 3.05) is 19.7 Å². The zero-order valence-electron chi connectivity index (χ0n) is 16.1. The van der Waals surface area contributed by atoms with Crippen molar-refractivity contribution in [1.29, 1.82) is 5.26 Å². The molecule has 1 aliphatic rings. The number of aromatic nitrogens is 2. The Hall–Kier alpha value is -3.18. The summed E-state index contributed by atoms with van der Waals surface area (Å²) in [5.41, 5.74) is 0.562. The van der Waals surface area contributed by atoms with E-state index in [1.807, 2.05) is 45.0 Å². The van der Waals surface area contributed by atoms with E-state index >= 15 is 0 Å². The lowest BCUT2D eigenvalue weighted by Crippen LogP contribution is -2.44. The highest BCUT2D eigenvalue weighted by molar-refractivity contribution is 5.68. The minimum absolute atomic E-state index is 0.221. The number of morpholine rings is 1. The summed E-state index contributed by atoms with van der Waals surface area (Å²) >= 11 is 0. The lowest BCUT2D eigenvalue weighted by molar-refractivity contribution is -0.0433. The highest BCUT2D eigenvalue weighted by Gasteiger charge is 2.29. The first kappa shape index (κ1) is 19.6. The number of nitrogens with zero attached hydrogens (tertiary/aromatic N) is 4. The lowest BCUT2D eigenvalue weighted by Gasteiger charge is -2.34. The molecule has 8 heteroatoms. The molecule has 1 saturated heterocycles. The van der Waals surface area contributed by atoms with Crippen LogP contribution in [0.5, 0.6) is 11.6 Å². The first-order valence-corrected chi connectivity index (χ1v) is 8.95. The van der Waals surface area contributed by atoms with Crippen molar-refractivity contribution in [3.63, 3.8) is 0 Å². The van der Waals surface area contributed by atoms with Gasteiger partial charge in [-0.3, -0.25) is 0 Å². The first-order chi connectivity index (χ1) is 13.3. The van der Waals surface area contributed by atoms with Crippen molar-refractivity contribution in [2.45, 2.75) is 32.5 Å². The molecule has 0 unspecified atom stereocenters. The topological polar surface area (TPSA) is 97.6 Å². The maximum Gasteiger partial charge on any atom is 0.410 e. The van der Waals surface area contributed by atoms with E-state index in [4.69, 9.17) is 19.5 Å². The van der Waals surface area contributed by atoms with Gasteiger partial charge >= 0.3 is 6.09 Å². The van der Waals surface area contributed by atoms with Gasteiger partial charge in [-0.25, -0.2) is 4.79 Å². The molecule has 1 amide bonds. The van der Waals surface area contributed by atoms with Gasteiger partial charge in [0.25, 0.3) is 0 Å². The fourth-order valence-corrected chi connectivity index (χ4v) is 2.68. The minimum Gasteiger partial charge on any atom is -0.444 e. The van der Waals surface area contributed by atoms with E-state index in [2.05, 4.69) is 10.2 Å². The molecule has 1 aromatic carbocycles. The molecule has 0 bridgehead atoms. The average molecular weight is 382 g/mol. The third-order valence-electron chi connectivity index (χ3n) is 3.93. The van der Waals surface area contributed by atoms with Crippen LogP contribution in [-0.4, -0.2) is 46.5 Å². The number of ether oxygens (including phenoxy) is 3. The molecule has 3 rings (SSSR count). The summed E-state index contributed by atoms with van der Waals surface area (Å²) in [5.74, 6) is 0.852. The van der Waals surface area contributed by atoms with E-state index in [-0.39, 0.29) is 23.8 Å². The number of carbonyl (C=O) groups excluding carboxylic acids is 1. The van der Waals surface area contributed by atoms with Crippen molar-refractivity contribution in [2.24, 2.45) is 0 Å². The summed E-state index contributed by atoms with van der Waals surface area (Å²) < 4.78 is 17.0. The maximum absolute atomic E-state index is 12.3. The van der Waals surface area contributed by atoms with Crippen molar-refractivity contribution >= 4 is 6.09 Å². The Balaban J connectivity index is 1.68. The van der Waals surface area contributed by atoms with Gasteiger partial charge in [0.05, 0.1) is 13.2 Å². The van der Waals surface area contributed by atoms with Gasteiger partial charge in [0.1, 0.15) is 23.5 Å². The molecule has 0 N–H and O–H groups in total. The van der Waals surface area contributed by atoms with Crippen LogP contribution in [0.15, 0.2) is 36.4 Å². The number of amides is 1. The Kier molecular flexibility index (Phi) is 5.76. The van der Waals surface area contributed by atoms with E-state index in [0.717, 1.165) is 5.56 Å². The van der Waals surface area contributed by atoms with Crippen LogP contribution in [0.4, 0.5) is 4.79 Å². The number of hydrogen-bond donors (Lipinski definition) is 0. The van der Waals surface area contributed by atoms with E-state index in [1.54, 1.807) is 17.0 Å². The largest absolute Gasteiger partial charge is 0.444 e. The second kappa shape index (κ2) is 8.23. The second-order valence-corrected chi connectivity index (χ2v) is 7.33. The van der Waals surface area contributed by atoms with Crippen LogP contribution in [0.2, 0.25) is 0 Å². The van der Waals surface area contributed by atoms with Crippen LogP contribution in [0, 0.1) is 11.3 Å². The molecular formula is C20H22N4O4. The van der Waals surface area contributed by atoms with Crippen LogP contribution in [0.1, 0.15) is 38.1 Å². The van der Waals surface area contributed by atoms with E-state index < -0.39 is 5.60 Å². The van der Waals surface area contributed by atoms with Crippen molar-refractivity contribution < 1.29 is 19.0 Å². The summed E-state index contributed by atoms with van der Waals surface area (Å²) in [7, 11) is 0. The molecule has 8 nitrogen and oxygen atoms in total. The molecule has 2 aromatic rings. The van der Waals surface area contributed by atoms with E-state index in [1.165, 1.54) is 6.07 Å². The molecule has 146 valence electrons. The summed E-state index contributed by atoms with van der Waals surface area (Å²) in [6, 6.07) is 12.4. The molecule has 0 saturated carbocycles. The second-order valence-electron chi connectivity index (χ2n) is 7.33. The van der Waals surface area contributed by atoms with Crippen molar-refractivity contribution in [3.8, 4) is 17.7 Å². The highest BCUT2D eigenvalue weighted by Crippen LogP contribution is 2.28. The third kappa shape index (κ3) is 5.18. The first-order valence-electron chi connectivity index (χ1n) is 8.95. The van der Waals surface area contributed by atoms with Gasteiger partial charge < -0.3 is 19.1 Å². The molecule has 28 heavy (non-hydrogen) atoms. The third-order valence-corrected chi connectivity index (χ3v) is 3.93. The number of benzene rings is 1. The molecule has 1 aromatic heterocycles. The summed E-state index contributed by atoms with van der Waals surface area (Å²) in [6.45, 7) is 6.84. The molecular weight excluding hydrogens is 360 g/mol. The molecule has 1 aliphatic heterocycles. The van der Waals surface area contributed by atoms with Crippen LogP contribution in [0.25, 0.3) is 0 Å². The maximum atomic E-state index is 12.3. The predicted molar refractivity (Wildman–Crippen MR) is 99.8 cm³/mol. The SMILES string of the molecule is CC(C)(C)OC(=O)N1CCO[C@H](c2cccc(Oc3ccc(C#N)nn3)c2)C1. The zero-order valence-corrected chi connectivity index (χ0v) is 16.1. The van der Waals surface area contributed by atoms with Crippen molar-refractivity contribution in [1.82, 2.24) is 15.1 Å². The van der Waals surface area contributed by atoms with Crippen molar-refractivity contribution in [3.05, 3.63) is 47.7 Å². The van der Waals surface area contributed by atoms with Gasteiger partial charge in [0.15, 0.2) is 5.69 Å². The normalized spacial score (nSPS) is 16.9. The minimum atomic E-state index is -0.541. The van der Waals surface area contributed by atoms with Gasteiger partial charge in [-0.15, -0.1) is 10.2 Å². The van der Waals surface area contributed by atoms with Gasteiger partial charge in [-0.1, -0.05) is 12.1 Å². The molecule has 1 atom stereocenters. The Morgan fingerprint density at radius 3 is 2.79 bits per heavy atom. The van der Waals surface area contributed by atoms with Gasteiger partial charge in [0, 0.05) is 12.6 Å². The smallest absolute Gasteiger partial charge is 0.410 e. The summed E-state index contributed by atoms with van der Waals surface area (Å²) in [6.07, 6.45) is -0.627. The van der Waals surface area contributed by atoms with Gasteiger partial charge in [0.2, 0.25) is 5.88 Å². The zero-order chi connectivity index (χ0) is 20.1. The standard InChI is InChI=1S/C20H22N4O4/c1-20(2,3)28-19(25)24-9-10-26-17(13-24)14-5-4-6-16(11-14)27-18-8-7-15(12-21)22-23-18/h4-8,11,17H,9-10,13H2,1-3H3/t17-/m0/s1. The van der Waals surface area contributed by atoms with Crippen LogP contribution >= 0.6 is 0 Å². The van der Waals surface area contributed by atoms with E-state index in [0.29, 0.717) is 25.4 Å². The van der Waals surface area contributed by atoms with Crippen LogP contribution < -0.4 is 4.74 Å². The molecule has 0 spiro atoms.